The Hall–Kier alpha value is -0.980. The van der Waals surface area contributed by atoms with Gasteiger partial charge in [-0.3, -0.25) is 0 Å². The molecule has 1 aromatic rings. The second-order valence-corrected chi connectivity index (χ2v) is 7.01. The first kappa shape index (κ1) is 14.4. The van der Waals surface area contributed by atoms with E-state index < -0.39 is 0 Å². The molecule has 0 radical (unpaired) electrons. The molecule has 1 heteroatoms. The lowest BCUT2D eigenvalue weighted by Crippen LogP contribution is -2.20. The molecule has 0 unspecified atom stereocenters. The van der Waals surface area contributed by atoms with Gasteiger partial charge in [0.05, 0.1) is 0 Å². The van der Waals surface area contributed by atoms with Crippen molar-refractivity contribution in [2.45, 2.75) is 77.2 Å². The first-order valence-electron chi connectivity index (χ1n) is 7.93. The molecular formula is C18H29N. The molecule has 1 aromatic carbocycles. The van der Waals surface area contributed by atoms with E-state index in [0.29, 0.717) is 6.04 Å². The SMILES string of the molecule is CC(C)(C)c1ccc(NC2CCCCCCC2)cc1. The Balaban J connectivity index is 1.94. The Bertz CT molecular complexity index is 364. The quantitative estimate of drug-likeness (QED) is 0.738. The zero-order valence-electron chi connectivity index (χ0n) is 12.8. The molecule has 0 aromatic heterocycles. The maximum atomic E-state index is 3.73. The minimum absolute atomic E-state index is 0.249. The summed E-state index contributed by atoms with van der Waals surface area (Å²) in [4.78, 5) is 0. The molecule has 0 spiro atoms. The third kappa shape index (κ3) is 4.56. The summed E-state index contributed by atoms with van der Waals surface area (Å²) in [5.74, 6) is 0. The highest BCUT2D eigenvalue weighted by Gasteiger charge is 2.14. The van der Waals surface area contributed by atoms with Crippen LogP contribution >= 0.6 is 0 Å². The van der Waals surface area contributed by atoms with Crippen molar-refractivity contribution in [1.82, 2.24) is 0 Å². The molecule has 0 aliphatic heterocycles. The smallest absolute Gasteiger partial charge is 0.0342 e. The van der Waals surface area contributed by atoms with Gasteiger partial charge in [0.2, 0.25) is 0 Å². The van der Waals surface area contributed by atoms with Crippen molar-refractivity contribution in [1.29, 1.82) is 0 Å². The average molecular weight is 259 g/mol. The van der Waals surface area contributed by atoms with E-state index in [4.69, 9.17) is 0 Å². The van der Waals surface area contributed by atoms with E-state index >= 15 is 0 Å². The first-order chi connectivity index (χ1) is 9.05. The third-order valence-corrected chi connectivity index (χ3v) is 4.23. The molecule has 1 aliphatic carbocycles. The normalized spacial score (nSPS) is 18.7. The highest BCUT2D eigenvalue weighted by molar-refractivity contribution is 5.46. The van der Waals surface area contributed by atoms with E-state index in [1.807, 2.05) is 0 Å². The molecule has 1 fully saturated rings. The van der Waals surface area contributed by atoms with Crippen LogP contribution in [-0.4, -0.2) is 6.04 Å². The molecule has 1 aliphatic rings. The molecular weight excluding hydrogens is 230 g/mol. The summed E-state index contributed by atoms with van der Waals surface area (Å²) >= 11 is 0. The fourth-order valence-corrected chi connectivity index (χ4v) is 2.90. The Labute approximate surface area is 118 Å². The van der Waals surface area contributed by atoms with Crippen LogP contribution in [0, 0.1) is 0 Å². The molecule has 0 heterocycles. The lowest BCUT2D eigenvalue weighted by Gasteiger charge is -2.23. The van der Waals surface area contributed by atoms with E-state index in [2.05, 4.69) is 50.4 Å². The van der Waals surface area contributed by atoms with Gasteiger partial charge < -0.3 is 5.32 Å². The number of hydrogen-bond donors (Lipinski definition) is 1. The Morgan fingerprint density at radius 3 is 1.89 bits per heavy atom. The van der Waals surface area contributed by atoms with E-state index in [-0.39, 0.29) is 5.41 Å². The molecule has 106 valence electrons. The predicted molar refractivity (Wildman–Crippen MR) is 84.9 cm³/mol. The Morgan fingerprint density at radius 1 is 0.842 bits per heavy atom. The molecule has 2 rings (SSSR count). The van der Waals surface area contributed by atoms with E-state index in [0.717, 1.165) is 0 Å². The number of nitrogens with one attached hydrogen (secondary N) is 1. The van der Waals surface area contributed by atoms with Gasteiger partial charge >= 0.3 is 0 Å². The van der Waals surface area contributed by atoms with Crippen molar-refractivity contribution in [3.05, 3.63) is 29.8 Å². The predicted octanol–water partition coefficient (Wildman–Crippen LogP) is 5.51. The highest BCUT2D eigenvalue weighted by Crippen LogP contribution is 2.25. The molecule has 1 N–H and O–H groups in total. The standard InChI is InChI=1S/C18H29N/c1-18(2,3)15-11-13-17(14-12-15)19-16-9-7-5-4-6-8-10-16/h11-14,16,19H,4-10H2,1-3H3. The summed E-state index contributed by atoms with van der Waals surface area (Å²) in [7, 11) is 0. The fourth-order valence-electron chi connectivity index (χ4n) is 2.90. The van der Waals surface area contributed by atoms with Gasteiger partial charge in [0, 0.05) is 11.7 Å². The molecule has 0 saturated heterocycles. The lowest BCUT2D eigenvalue weighted by atomic mass is 9.87. The summed E-state index contributed by atoms with van der Waals surface area (Å²) in [6.07, 6.45) is 9.72. The van der Waals surface area contributed by atoms with E-state index in [9.17, 15) is 0 Å². The minimum atomic E-state index is 0.249. The van der Waals surface area contributed by atoms with Crippen LogP contribution in [0.4, 0.5) is 5.69 Å². The zero-order chi connectivity index (χ0) is 13.7. The average Bonchev–Trinajstić information content (AvgIpc) is 2.32. The number of hydrogen-bond acceptors (Lipinski definition) is 1. The first-order valence-corrected chi connectivity index (χ1v) is 7.93. The molecule has 0 amide bonds. The van der Waals surface area contributed by atoms with Gasteiger partial charge in [-0.05, 0) is 36.0 Å². The monoisotopic (exact) mass is 259 g/mol. The van der Waals surface area contributed by atoms with Gasteiger partial charge in [0.25, 0.3) is 0 Å². The number of anilines is 1. The van der Waals surface area contributed by atoms with Crippen molar-refractivity contribution in [2.24, 2.45) is 0 Å². The van der Waals surface area contributed by atoms with Crippen LogP contribution in [0.3, 0.4) is 0 Å². The molecule has 0 atom stereocenters. The fraction of sp³-hybridized carbons (Fsp3) is 0.667. The number of benzene rings is 1. The zero-order valence-corrected chi connectivity index (χ0v) is 12.8. The van der Waals surface area contributed by atoms with Crippen LogP contribution < -0.4 is 5.32 Å². The van der Waals surface area contributed by atoms with Crippen LogP contribution in [0.2, 0.25) is 0 Å². The molecule has 0 bridgehead atoms. The minimum Gasteiger partial charge on any atom is -0.382 e. The van der Waals surface area contributed by atoms with Crippen LogP contribution in [0.1, 0.15) is 71.3 Å². The van der Waals surface area contributed by atoms with Crippen molar-refractivity contribution in [3.63, 3.8) is 0 Å². The maximum Gasteiger partial charge on any atom is 0.0342 e. The van der Waals surface area contributed by atoms with Crippen LogP contribution in [0.15, 0.2) is 24.3 Å². The largest absolute Gasteiger partial charge is 0.382 e. The van der Waals surface area contributed by atoms with Crippen LogP contribution in [0.5, 0.6) is 0 Å². The summed E-state index contributed by atoms with van der Waals surface area (Å²) in [6, 6.07) is 9.72. The van der Waals surface area contributed by atoms with Crippen molar-refractivity contribution < 1.29 is 0 Å². The summed E-state index contributed by atoms with van der Waals surface area (Å²) < 4.78 is 0. The van der Waals surface area contributed by atoms with Gasteiger partial charge in [-0.2, -0.15) is 0 Å². The molecule has 1 saturated carbocycles. The second kappa shape index (κ2) is 6.45. The summed E-state index contributed by atoms with van der Waals surface area (Å²) in [6.45, 7) is 6.80. The summed E-state index contributed by atoms with van der Waals surface area (Å²) in [5.41, 5.74) is 2.95. The van der Waals surface area contributed by atoms with Crippen molar-refractivity contribution in [2.75, 3.05) is 5.32 Å². The summed E-state index contributed by atoms with van der Waals surface area (Å²) in [5, 5.41) is 3.73. The molecule has 1 nitrogen and oxygen atoms in total. The topological polar surface area (TPSA) is 12.0 Å². The third-order valence-electron chi connectivity index (χ3n) is 4.23. The Morgan fingerprint density at radius 2 is 1.37 bits per heavy atom. The van der Waals surface area contributed by atoms with Crippen LogP contribution in [0.25, 0.3) is 0 Å². The lowest BCUT2D eigenvalue weighted by molar-refractivity contribution is 0.471. The van der Waals surface area contributed by atoms with Gasteiger partial charge in [-0.1, -0.05) is 65.0 Å². The second-order valence-electron chi connectivity index (χ2n) is 7.01. The van der Waals surface area contributed by atoms with Crippen LogP contribution in [-0.2, 0) is 5.41 Å². The Kier molecular flexibility index (Phi) is 4.90. The van der Waals surface area contributed by atoms with E-state index in [1.54, 1.807) is 0 Å². The molecule has 19 heavy (non-hydrogen) atoms. The van der Waals surface area contributed by atoms with E-state index in [1.165, 1.54) is 56.2 Å². The maximum absolute atomic E-state index is 3.73. The highest BCUT2D eigenvalue weighted by atomic mass is 14.9. The van der Waals surface area contributed by atoms with Crippen molar-refractivity contribution >= 4 is 5.69 Å². The van der Waals surface area contributed by atoms with Gasteiger partial charge in [-0.15, -0.1) is 0 Å². The van der Waals surface area contributed by atoms with Gasteiger partial charge in [0.1, 0.15) is 0 Å². The van der Waals surface area contributed by atoms with Gasteiger partial charge in [0.15, 0.2) is 0 Å². The van der Waals surface area contributed by atoms with Gasteiger partial charge in [-0.25, -0.2) is 0 Å². The number of rotatable bonds is 2. The van der Waals surface area contributed by atoms with Crippen molar-refractivity contribution in [3.8, 4) is 0 Å².